The van der Waals surface area contributed by atoms with Gasteiger partial charge in [-0.2, -0.15) is 0 Å². The monoisotopic (exact) mass is 220 g/mol. The molecular formula is C4H10BrClOS. The van der Waals surface area contributed by atoms with Gasteiger partial charge in [-0.1, -0.05) is 0 Å². The number of hydrogen-bond donors (Lipinski definition) is 0. The quantitative estimate of drug-likeness (QED) is 0.576. The first kappa shape index (κ1) is 11.8. The Kier molecular flexibility index (Phi) is 5.89. The zero-order chi connectivity index (χ0) is 6.08. The van der Waals surface area contributed by atoms with Crippen LogP contribution in [-0.4, -0.2) is 9.30 Å². The first-order chi connectivity index (χ1) is 2.94. The van der Waals surface area contributed by atoms with Crippen molar-refractivity contribution in [1.29, 1.82) is 0 Å². The molecule has 1 nitrogen and oxygen atoms in total. The molecule has 0 aromatic carbocycles. The fraction of sp³-hybridized carbons (Fsp3) is 1.00. The molecule has 0 aliphatic carbocycles. The molecule has 0 aliphatic heterocycles. The molecule has 0 bridgehead atoms. The molecule has 0 fully saturated rings. The highest BCUT2D eigenvalue weighted by Gasteiger charge is 2.22. The van der Waals surface area contributed by atoms with Crippen LogP contribution in [0.1, 0.15) is 20.8 Å². The van der Waals surface area contributed by atoms with Gasteiger partial charge in [0, 0.05) is 9.61 Å². The van der Waals surface area contributed by atoms with Gasteiger partial charge in [0.15, 0.2) is 0 Å². The van der Waals surface area contributed by atoms with E-state index in [2.05, 4.69) is 14.8 Å². The van der Waals surface area contributed by atoms with Crippen LogP contribution in [-0.2, 0) is 9.61 Å². The van der Waals surface area contributed by atoms with Crippen LogP contribution in [0, 0.1) is 0 Å². The lowest BCUT2D eigenvalue weighted by molar-refractivity contribution is 0.577. The van der Waals surface area contributed by atoms with Crippen molar-refractivity contribution in [3.63, 3.8) is 0 Å². The average molecular weight is 222 g/mol. The highest BCUT2D eigenvalue weighted by molar-refractivity contribution is 9.47. The van der Waals surface area contributed by atoms with Gasteiger partial charge in [0.2, 0.25) is 14.8 Å². The van der Waals surface area contributed by atoms with Gasteiger partial charge in [0.1, 0.15) is 4.75 Å². The third-order valence-electron chi connectivity index (χ3n) is 0.481. The normalized spacial score (nSPS) is 14.6. The van der Waals surface area contributed by atoms with Gasteiger partial charge in [0.25, 0.3) is 0 Å². The van der Waals surface area contributed by atoms with Crippen LogP contribution in [0.3, 0.4) is 0 Å². The van der Waals surface area contributed by atoms with Gasteiger partial charge in [-0.25, -0.2) is 0 Å². The van der Waals surface area contributed by atoms with Gasteiger partial charge >= 0.3 is 0 Å². The molecule has 0 N–H and O–H groups in total. The molecule has 0 rings (SSSR count). The zero-order valence-corrected chi connectivity index (χ0v) is 8.32. The van der Waals surface area contributed by atoms with Gasteiger partial charge in [-0.3, -0.25) is 0 Å². The van der Waals surface area contributed by atoms with Crippen molar-refractivity contribution >= 4 is 36.8 Å². The average Bonchev–Trinajstić information content (AvgIpc) is 1.31. The van der Waals surface area contributed by atoms with Crippen LogP contribution >= 0.6 is 27.2 Å². The van der Waals surface area contributed by atoms with Gasteiger partial charge in [0.05, 0.1) is 0 Å². The van der Waals surface area contributed by atoms with Crippen molar-refractivity contribution in [3.05, 3.63) is 0 Å². The largest absolute Gasteiger partial charge is 0.606 e. The first-order valence-electron chi connectivity index (χ1n) is 2.03. The smallest absolute Gasteiger partial charge is 0.230 e. The number of rotatable bonds is 0. The fourth-order valence-corrected chi connectivity index (χ4v) is 0. The van der Waals surface area contributed by atoms with E-state index in [9.17, 15) is 4.55 Å². The second-order valence-corrected chi connectivity index (χ2v) is 5.77. The molecule has 0 aromatic rings. The Morgan fingerprint density at radius 1 is 1.38 bits per heavy atom. The molecule has 0 saturated carbocycles. The Morgan fingerprint density at radius 2 is 1.50 bits per heavy atom. The maximum atomic E-state index is 10.5. The van der Waals surface area contributed by atoms with Crippen molar-refractivity contribution in [3.8, 4) is 0 Å². The van der Waals surface area contributed by atoms with E-state index >= 15 is 0 Å². The molecule has 1 atom stereocenters. The van der Waals surface area contributed by atoms with E-state index in [1.54, 1.807) is 0 Å². The Morgan fingerprint density at radius 3 is 1.50 bits per heavy atom. The minimum absolute atomic E-state index is 0. The van der Waals surface area contributed by atoms with Gasteiger partial charge < -0.3 is 4.55 Å². The summed E-state index contributed by atoms with van der Waals surface area (Å²) in [5, 5.41) is 0. The summed E-state index contributed by atoms with van der Waals surface area (Å²) in [5.41, 5.74) is 0. The summed E-state index contributed by atoms with van der Waals surface area (Å²) in [5.74, 6) is 0. The van der Waals surface area contributed by atoms with E-state index in [1.807, 2.05) is 20.8 Å². The van der Waals surface area contributed by atoms with E-state index in [0.29, 0.717) is 0 Å². The summed E-state index contributed by atoms with van der Waals surface area (Å²) >= 11 is 2.97. The lowest BCUT2D eigenvalue weighted by atomic mass is 10.3. The van der Waals surface area contributed by atoms with Crippen LogP contribution in [0.2, 0.25) is 0 Å². The summed E-state index contributed by atoms with van der Waals surface area (Å²) in [6.45, 7) is 5.74. The summed E-state index contributed by atoms with van der Waals surface area (Å²) in [7, 11) is -0.870. The summed E-state index contributed by atoms with van der Waals surface area (Å²) in [6.07, 6.45) is 0. The maximum absolute atomic E-state index is 10.5. The molecule has 0 amide bonds. The molecule has 0 radical (unpaired) electrons. The van der Waals surface area contributed by atoms with Crippen LogP contribution in [0.15, 0.2) is 0 Å². The molecule has 52 valence electrons. The van der Waals surface area contributed by atoms with E-state index in [1.165, 1.54) is 0 Å². The highest BCUT2D eigenvalue weighted by Crippen LogP contribution is 2.20. The number of hydrogen-bond acceptors (Lipinski definition) is 1. The first-order valence-corrected chi connectivity index (χ1v) is 5.02. The highest BCUT2D eigenvalue weighted by atomic mass is 79.9. The topological polar surface area (TPSA) is 23.1 Å². The number of halogens is 2. The zero-order valence-electron chi connectivity index (χ0n) is 5.10. The molecule has 4 heteroatoms. The fourth-order valence-electron chi connectivity index (χ4n) is 0. The molecular weight excluding hydrogens is 211 g/mol. The molecule has 1 unspecified atom stereocenters. The van der Waals surface area contributed by atoms with Crippen molar-refractivity contribution in [2.45, 2.75) is 25.5 Å². The summed E-state index contributed by atoms with van der Waals surface area (Å²) in [4.78, 5) is 0. The molecule has 0 spiro atoms. The molecule has 0 saturated heterocycles. The molecule has 0 heterocycles. The predicted octanol–water partition coefficient (Wildman–Crippen LogP) is 2.27. The third-order valence-corrected chi connectivity index (χ3v) is 4.36. The maximum Gasteiger partial charge on any atom is 0.230 e. The Labute approximate surface area is 67.0 Å². The lowest BCUT2D eigenvalue weighted by Gasteiger charge is -2.16. The molecule has 0 aliphatic rings. The van der Waals surface area contributed by atoms with Crippen LogP contribution < -0.4 is 0 Å². The summed E-state index contributed by atoms with van der Waals surface area (Å²) < 4.78 is 10.4. The van der Waals surface area contributed by atoms with Crippen molar-refractivity contribution in [1.82, 2.24) is 0 Å². The molecule has 0 aromatic heterocycles. The molecule has 8 heavy (non-hydrogen) atoms. The standard InChI is InChI=1S/C4H9BrOS.ClH/c1-4(2,3)7(5)6;/h1-3H3;1H. The van der Waals surface area contributed by atoms with Crippen LogP contribution in [0.5, 0.6) is 0 Å². The summed E-state index contributed by atoms with van der Waals surface area (Å²) in [6, 6.07) is 0. The van der Waals surface area contributed by atoms with E-state index in [0.717, 1.165) is 0 Å². The van der Waals surface area contributed by atoms with Crippen LogP contribution in [0.25, 0.3) is 0 Å². The van der Waals surface area contributed by atoms with Crippen molar-refractivity contribution in [2.24, 2.45) is 0 Å². The predicted molar refractivity (Wildman–Crippen MR) is 44.1 cm³/mol. The van der Waals surface area contributed by atoms with Crippen LogP contribution in [0.4, 0.5) is 0 Å². The van der Waals surface area contributed by atoms with E-state index in [4.69, 9.17) is 0 Å². The van der Waals surface area contributed by atoms with E-state index < -0.39 is 9.61 Å². The Bertz CT molecular complexity index is 61.5. The Hall–Kier alpha value is 1.08. The third kappa shape index (κ3) is 5.22. The van der Waals surface area contributed by atoms with Crippen molar-refractivity contribution in [2.75, 3.05) is 0 Å². The van der Waals surface area contributed by atoms with Gasteiger partial charge in [-0.05, 0) is 20.8 Å². The van der Waals surface area contributed by atoms with Crippen molar-refractivity contribution < 1.29 is 4.55 Å². The second kappa shape index (κ2) is 3.99. The lowest BCUT2D eigenvalue weighted by Crippen LogP contribution is -2.21. The SMILES string of the molecule is CC(C)(C)[S+]([O-])Br.Cl. The Balaban J connectivity index is 0. The second-order valence-electron chi connectivity index (χ2n) is 2.34. The minimum atomic E-state index is -0.870. The minimum Gasteiger partial charge on any atom is -0.606 e. The van der Waals surface area contributed by atoms with Gasteiger partial charge in [-0.15, -0.1) is 12.4 Å². The van der Waals surface area contributed by atoms with E-state index in [-0.39, 0.29) is 17.2 Å².